The standard InChI is InChI=1S/C11H21/c1-10(2)9-11-7-5-3-4-6-8-11/h9-11H,3-8H2,1-2H3. The largest absolute Gasteiger partial charge is 0.0625 e. The molecule has 0 nitrogen and oxygen atoms in total. The van der Waals surface area contributed by atoms with Gasteiger partial charge in [-0.15, -0.1) is 0 Å². The lowest BCUT2D eigenvalue weighted by atomic mass is 9.91. The first-order chi connectivity index (χ1) is 5.29. The highest BCUT2D eigenvalue weighted by atomic mass is 14.2. The van der Waals surface area contributed by atoms with Gasteiger partial charge in [-0.25, -0.2) is 0 Å². The van der Waals surface area contributed by atoms with Gasteiger partial charge in [-0.05, 0) is 18.3 Å². The molecule has 0 heteroatoms. The number of hydrogen-bond acceptors (Lipinski definition) is 0. The van der Waals surface area contributed by atoms with Crippen molar-refractivity contribution in [1.29, 1.82) is 0 Å². The van der Waals surface area contributed by atoms with Crippen molar-refractivity contribution < 1.29 is 0 Å². The van der Waals surface area contributed by atoms with E-state index in [2.05, 4.69) is 20.3 Å². The van der Waals surface area contributed by atoms with Gasteiger partial charge in [-0.2, -0.15) is 0 Å². The van der Waals surface area contributed by atoms with Crippen LogP contribution in [0.15, 0.2) is 0 Å². The quantitative estimate of drug-likeness (QED) is 0.529. The molecule has 0 spiro atoms. The van der Waals surface area contributed by atoms with Crippen LogP contribution in [-0.4, -0.2) is 0 Å². The van der Waals surface area contributed by atoms with Crippen LogP contribution in [0.3, 0.4) is 0 Å². The molecule has 0 heterocycles. The van der Waals surface area contributed by atoms with Crippen LogP contribution in [0.1, 0.15) is 52.4 Å². The third kappa shape index (κ3) is 3.79. The summed E-state index contributed by atoms with van der Waals surface area (Å²) >= 11 is 0. The molecule has 1 aliphatic rings. The van der Waals surface area contributed by atoms with Crippen molar-refractivity contribution in [2.45, 2.75) is 52.4 Å². The Balaban J connectivity index is 2.20. The molecule has 1 rings (SSSR count). The number of rotatable bonds is 2. The van der Waals surface area contributed by atoms with Crippen LogP contribution in [0.2, 0.25) is 0 Å². The molecule has 1 radical (unpaired) electrons. The van der Waals surface area contributed by atoms with Crippen molar-refractivity contribution in [2.24, 2.45) is 11.8 Å². The van der Waals surface area contributed by atoms with Crippen molar-refractivity contribution in [3.8, 4) is 0 Å². The highest BCUT2D eigenvalue weighted by Gasteiger charge is 2.13. The molecule has 0 unspecified atom stereocenters. The zero-order valence-corrected chi connectivity index (χ0v) is 7.97. The predicted octanol–water partition coefficient (Wildman–Crippen LogP) is 3.82. The Morgan fingerprint density at radius 2 is 1.55 bits per heavy atom. The normalized spacial score (nSPS) is 22.1. The molecule has 0 saturated heterocycles. The Bertz CT molecular complexity index is 86.2. The maximum Gasteiger partial charge on any atom is -0.0329 e. The summed E-state index contributed by atoms with van der Waals surface area (Å²) in [5.74, 6) is 1.73. The third-order valence-corrected chi connectivity index (χ3v) is 2.56. The molecule has 0 aromatic heterocycles. The molecule has 1 saturated carbocycles. The molecule has 0 N–H and O–H groups in total. The Labute approximate surface area is 71.4 Å². The van der Waals surface area contributed by atoms with E-state index in [0.29, 0.717) is 0 Å². The molecule has 1 fully saturated rings. The lowest BCUT2D eigenvalue weighted by molar-refractivity contribution is 0.474. The summed E-state index contributed by atoms with van der Waals surface area (Å²) in [5.41, 5.74) is 0. The second-order valence-electron chi connectivity index (χ2n) is 4.19. The molecule has 1 aliphatic carbocycles. The van der Waals surface area contributed by atoms with Gasteiger partial charge in [-0.3, -0.25) is 0 Å². The Hall–Kier alpha value is 0. The van der Waals surface area contributed by atoms with E-state index in [1.807, 2.05) is 0 Å². The monoisotopic (exact) mass is 153 g/mol. The van der Waals surface area contributed by atoms with Crippen LogP contribution < -0.4 is 0 Å². The Morgan fingerprint density at radius 3 is 2.00 bits per heavy atom. The zero-order valence-electron chi connectivity index (χ0n) is 7.97. The molecule has 11 heavy (non-hydrogen) atoms. The summed E-state index contributed by atoms with van der Waals surface area (Å²) in [7, 11) is 0. The molecule has 0 amide bonds. The molecular formula is C11H21. The van der Waals surface area contributed by atoms with E-state index in [9.17, 15) is 0 Å². The lowest BCUT2D eigenvalue weighted by Crippen LogP contribution is -2.03. The van der Waals surface area contributed by atoms with Gasteiger partial charge in [0.2, 0.25) is 0 Å². The maximum absolute atomic E-state index is 2.55. The van der Waals surface area contributed by atoms with Crippen molar-refractivity contribution in [3.63, 3.8) is 0 Å². The van der Waals surface area contributed by atoms with E-state index in [0.717, 1.165) is 11.8 Å². The minimum absolute atomic E-state index is 0.790. The van der Waals surface area contributed by atoms with E-state index in [-0.39, 0.29) is 0 Å². The van der Waals surface area contributed by atoms with Gasteiger partial charge in [0, 0.05) is 0 Å². The fraction of sp³-hybridized carbons (Fsp3) is 0.909. The first kappa shape index (κ1) is 9.09. The average molecular weight is 153 g/mol. The Morgan fingerprint density at radius 1 is 1.00 bits per heavy atom. The van der Waals surface area contributed by atoms with Gasteiger partial charge >= 0.3 is 0 Å². The van der Waals surface area contributed by atoms with Crippen molar-refractivity contribution >= 4 is 0 Å². The van der Waals surface area contributed by atoms with Gasteiger partial charge < -0.3 is 0 Å². The second-order valence-corrected chi connectivity index (χ2v) is 4.19. The molecule has 0 aliphatic heterocycles. The fourth-order valence-electron chi connectivity index (χ4n) is 2.05. The zero-order chi connectivity index (χ0) is 8.10. The Kier molecular flexibility index (Phi) is 3.96. The van der Waals surface area contributed by atoms with Crippen LogP contribution in [0.4, 0.5) is 0 Å². The molecule has 65 valence electrons. The van der Waals surface area contributed by atoms with Crippen LogP contribution in [0.25, 0.3) is 0 Å². The van der Waals surface area contributed by atoms with Crippen molar-refractivity contribution in [1.82, 2.24) is 0 Å². The molecule has 0 atom stereocenters. The minimum atomic E-state index is 0.790. The summed E-state index contributed by atoms with van der Waals surface area (Å²) in [6, 6.07) is 0. The first-order valence-corrected chi connectivity index (χ1v) is 5.14. The van der Waals surface area contributed by atoms with E-state index in [4.69, 9.17) is 0 Å². The fourth-order valence-corrected chi connectivity index (χ4v) is 2.05. The summed E-state index contributed by atoms with van der Waals surface area (Å²) < 4.78 is 0. The summed E-state index contributed by atoms with van der Waals surface area (Å²) in [6.45, 7) is 4.59. The first-order valence-electron chi connectivity index (χ1n) is 5.14. The molecular weight excluding hydrogens is 132 g/mol. The van der Waals surface area contributed by atoms with Gasteiger partial charge in [0.1, 0.15) is 0 Å². The second kappa shape index (κ2) is 4.79. The number of hydrogen-bond donors (Lipinski definition) is 0. The molecule has 0 bridgehead atoms. The SMILES string of the molecule is CC(C)[CH]C1CCCCCC1. The topological polar surface area (TPSA) is 0 Å². The van der Waals surface area contributed by atoms with E-state index >= 15 is 0 Å². The maximum atomic E-state index is 2.55. The van der Waals surface area contributed by atoms with Crippen molar-refractivity contribution in [2.75, 3.05) is 0 Å². The van der Waals surface area contributed by atoms with Gasteiger partial charge in [0.15, 0.2) is 0 Å². The van der Waals surface area contributed by atoms with Crippen LogP contribution >= 0.6 is 0 Å². The summed E-state index contributed by atoms with van der Waals surface area (Å²) in [4.78, 5) is 0. The third-order valence-electron chi connectivity index (χ3n) is 2.56. The van der Waals surface area contributed by atoms with Crippen LogP contribution in [0.5, 0.6) is 0 Å². The van der Waals surface area contributed by atoms with Crippen LogP contribution in [-0.2, 0) is 0 Å². The predicted molar refractivity (Wildman–Crippen MR) is 50.3 cm³/mol. The average Bonchev–Trinajstić information content (AvgIpc) is 2.14. The molecule has 0 aromatic carbocycles. The minimum Gasteiger partial charge on any atom is -0.0625 e. The molecule has 0 aromatic rings. The van der Waals surface area contributed by atoms with E-state index < -0.39 is 0 Å². The summed E-state index contributed by atoms with van der Waals surface area (Å²) in [6.07, 6.45) is 11.3. The highest BCUT2D eigenvalue weighted by molar-refractivity contribution is 4.80. The highest BCUT2D eigenvalue weighted by Crippen LogP contribution is 2.26. The van der Waals surface area contributed by atoms with Crippen molar-refractivity contribution in [3.05, 3.63) is 6.42 Å². The van der Waals surface area contributed by atoms with E-state index in [1.165, 1.54) is 38.5 Å². The van der Waals surface area contributed by atoms with Crippen LogP contribution in [0, 0.1) is 18.3 Å². The van der Waals surface area contributed by atoms with Gasteiger partial charge in [0.05, 0.1) is 0 Å². The van der Waals surface area contributed by atoms with Gasteiger partial charge in [0.25, 0.3) is 0 Å². The van der Waals surface area contributed by atoms with Gasteiger partial charge in [-0.1, -0.05) is 52.4 Å². The smallest absolute Gasteiger partial charge is 0.0329 e. The van der Waals surface area contributed by atoms with E-state index in [1.54, 1.807) is 0 Å². The summed E-state index contributed by atoms with van der Waals surface area (Å²) in [5, 5.41) is 0. The lowest BCUT2D eigenvalue weighted by Gasteiger charge is -2.15.